The number of benzene rings is 2. The summed E-state index contributed by atoms with van der Waals surface area (Å²) in [5, 5.41) is 0.409. The SMILES string of the molecule is Cc1ccc(S(=O)(=O)NN2C(=O)S/C(=C/c3ccc(N(C)C)cc3)C2=S)cc1. The molecule has 0 aliphatic carbocycles. The minimum Gasteiger partial charge on any atom is -0.378 e. The molecule has 0 saturated carbocycles. The lowest BCUT2D eigenvalue weighted by atomic mass is 10.2. The van der Waals surface area contributed by atoms with Crippen molar-refractivity contribution >= 4 is 56.0 Å². The van der Waals surface area contributed by atoms with Crippen LogP contribution in [0.4, 0.5) is 10.5 Å². The van der Waals surface area contributed by atoms with Crippen molar-refractivity contribution in [3.05, 3.63) is 64.6 Å². The fourth-order valence-electron chi connectivity index (χ4n) is 2.46. The van der Waals surface area contributed by atoms with Crippen molar-refractivity contribution in [3.8, 4) is 0 Å². The minimum atomic E-state index is -3.92. The van der Waals surface area contributed by atoms with Gasteiger partial charge >= 0.3 is 5.24 Å². The van der Waals surface area contributed by atoms with Crippen molar-refractivity contribution in [2.24, 2.45) is 0 Å². The number of thiocarbonyl (C=S) groups is 1. The van der Waals surface area contributed by atoms with E-state index < -0.39 is 15.3 Å². The van der Waals surface area contributed by atoms with E-state index in [0.717, 1.165) is 33.6 Å². The smallest absolute Gasteiger partial charge is 0.307 e. The highest BCUT2D eigenvalue weighted by Gasteiger charge is 2.35. The Morgan fingerprint density at radius 1 is 1.07 bits per heavy atom. The van der Waals surface area contributed by atoms with Gasteiger partial charge in [-0.25, -0.2) is 13.4 Å². The monoisotopic (exact) mass is 433 g/mol. The van der Waals surface area contributed by atoms with E-state index in [2.05, 4.69) is 4.83 Å². The molecule has 0 spiro atoms. The number of thioether (sulfide) groups is 1. The number of nitrogens with one attached hydrogen (secondary N) is 1. The zero-order chi connectivity index (χ0) is 20.5. The summed E-state index contributed by atoms with van der Waals surface area (Å²) < 4.78 is 25.1. The van der Waals surface area contributed by atoms with Crippen molar-refractivity contribution in [1.29, 1.82) is 0 Å². The van der Waals surface area contributed by atoms with Gasteiger partial charge < -0.3 is 4.90 Å². The molecular weight excluding hydrogens is 414 g/mol. The molecule has 0 bridgehead atoms. The van der Waals surface area contributed by atoms with Gasteiger partial charge in [-0.3, -0.25) is 4.79 Å². The normalized spacial score (nSPS) is 16.1. The van der Waals surface area contributed by atoms with E-state index in [-0.39, 0.29) is 9.88 Å². The summed E-state index contributed by atoms with van der Waals surface area (Å²) in [6.45, 7) is 1.86. The van der Waals surface area contributed by atoms with E-state index in [1.807, 2.05) is 50.2 Å². The molecule has 6 nitrogen and oxygen atoms in total. The summed E-state index contributed by atoms with van der Waals surface area (Å²) in [4.78, 5) is 17.3. The van der Waals surface area contributed by atoms with Crippen molar-refractivity contribution in [2.75, 3.05) is 19.0 Å². The molecule has 9 heteroatoms. The van der Waals surface area contributed by atoms with E-state index in [4.69, 9.17) is 12.2 Å². The Kier molecular flexibility index (Phi) is 5.90. The van der Waals surface area contributed by atoms with E-state index in [1.165, 1.54) is 12.1 Å². The van der Waals surface area contributed by atoms with Crippen LogP contribution in [-0.4, -0.2) is 37.7 Å². The molecule has 0 radical (unpaired) electrons. The van der Waals surface area contributed by atoms with Gasteiger partial charge in [0.05, 0.1) is 9.80 Å². The Labute approximate surface area is 174 Å². The average Bonchev–Trinajstić information content (AvgIpc) is 2.89. The van der Waals surface area contributed by atoms with Crippen LogP contribution >= 0.6 is 24.0 Å². The number of nitrogens with zero attached hydrogens (tertiary/aromatic N) is 2. The predicted molar refractivity (Wildman–Crippen MR) is 118 cm³/mol. The van der Waals surface area contributed by atoms with E-state index in [9.17, 15) is 13.2 Å². The molecule has 0 aromatic heterocycles. The summed E-state index contributed by atoms with van der Waals surface area (Å²) in [6, 6.07) is 14.1. The Morgan fingerprint density at radius 2 is 1.68 bits per heavy atom. The fraction of sp³-hybridized carbons (Fsp3) is 0.158. The van der Waals surface area contributed by atoms with Crippen molar-refractivity contribution in [2.45, 2.75) is 11.8 Å². The molecule has 1 fully saturated rings. The first-order chi connectivity index (χ1) is 13.2. The van der Waals surface area contributed by atoms with Gasteiger partial charge in [0.25, 0.3) is 10.0 Å². The summed E-state index contributed by atoms with van der Waals surface area (Å²) in [6.07, 6.45) is 1.77. The molecule has 2 aromatic rings. The number of hydrazine groups is 1. The van der Waals surface area contributed by atoms with Gasteiger partial charge in [-0.15, -0.1) is 4.83 Å². The maximum Gasteiger partial charge on any atom is 0.307 e. The van der Waals surface area contributed by atoms with Crippen molar-refractivity contribution in [3.63, 3.8) is 0 Å². The largest absolute Gasteiger partial charge is 0.378 e. The quantitative estimate of drug-likeness (QED) is 0.572. The van der Waals surface area contributed by atoms with Crippen LogP contribution in [0.5, 0.6) is 0 Å². The lowest BCUT2D eigenvalue weighted by Crippen LogP contribution is -2.44. The Bertz CT molecular complexity index is 1040. The number of hydrogen-bond acceptors (Lipinski definition) is 6. The molecule has 146 valence electrons. The van der Waals surface area contributed by atoms with Gasteiger partial charge in [0, 0.05) is 19.8 Å². The second-order valence-corrected chi connectivity index (χ2v) is 9.45. The molecule has 1 aliphatic heterocycles. The molecule has 1 aliphatic rings. The maximum absolute atomic E-state index is 12.6. The standard InChI is InChI=1S/C19H19N3O3S3/c1-13-4-10-16(11-5-13)28(24,25)20-22-18(26)17(27-19(22)23)12-14-6-8-15(9-7-14)21(2)3/h4-12,20H,1-3H3/b17-12+. The molecule has 1 N–H and O–H groups in total. The Morgan fingerprint density at radius 3 is 2.25 bits per heavy atom. The van der Waals surface area contributed by atoms with Crippen LogP contribution in [0.25, 0.3) is 6.08 Å². The van der Waals surface area contributed by atoms with Crippen LogP contribution in [0.15, 0.2) is 58.3 Å². The minimum absolute atomic E-state index is 0.0652. The van der Waals surface area contributed by atoms with Crippen molar-refractivity contribution in [1.82, 2.24) is 9.84 Å². The summed E-state index contributed by atoms with van der Waals surface area (Å²) in [5.74, 6) is 0. The third-order valence-corrected chi connectivity index (χ3v) is 6.78. The molecule has 0 unspecified atom stereocenters. The fourth-order valence-corrected chi connectivity index (χ4v) is 4.75. The van der Waals surface area contributed by atoms with E-state index in [0.29, 0.717) is 4.91 Å². The van der Waals surface area contributed by atoms with Crippen LogP contribution in [-0.2, 0) is 10.0 Å². The molecular formula is C19H19N3O3S3. The van der Waals surface area contributed by atoms with Crippen LogP contribution in [0.2, 0.25) is 0 Å². The first-order valence-electron chi connectivity index (χ1n) is 8.32. The molecule has 3 rings (SSSR count). The van der Waals surface area contributed by atoms with Crippen LogP contribution in [0.1, 0.15) is 11.1 Å². The van der Waals surface area contributed by atoms with E-state index >= 15 is 0 Å². The number of aryl methyl sites for hydroxylation is 1. The number of anilines is 1. The van der Waals surface area contributed by atoms with Gasteiger partial charge in [0.1, 0.15) is 4.99 Å². The molecule has 1 saturated heterocycles. The zero-order valence-corrected chi connectivity index (χ0v) is 18.0. The zero-order valence-electron chi connectivity index (χ0n) is 15.5. The summed E-state index contributed by atoms with van der Waals surface area (Å²) >= 11 is 6.22. The number of sulfonamides is 1. The third-order valence-electron chi connectivity index (χ3n) is 4.04. The highest BCUT2D eigenvalue weighted by atomic mass is 32.2. The average molecular weight is 434 g/mol. The lowest BCUT2D eigenvalue weighted by molar-refractivity contribution is 0.241. The third kappa shape index (κ3) is 4.44. The lowest BCUT2D eigenvalue weighted by Gasteiger charge is -2.16. The summed E-state index contributed by atoms with van der Waals surface area (Å²) in [5.41, 5.74) is 2.85. The van der Waals surface area contributed by atoms with Gasteiger partial charge in [-0.2, -0.15) is 0 Å². The van der Waals surface area contributed by atoms with Gasteiger partial charge in [-0.05, 0) is 54.6 Å². The number of carbonyl (C=O) groups is 1. The number of amides is 1. The molecule has 0 atom stereocenters. The summed E-state index contributed by atoms with van der Waals surface area (Å²) in [7, 11) is -0.0152. The molecule has 1 amide bonds. The Hall–Kier alpha value is -2.20. The van der Waals surface area contributed by atoms with Crippen molar-refractivity contribution < 1.29 is 13.2 Å². The Balaban J connectivity index is 1.80. The second-order valence-electron chi connectivity index (χ2n) is 6.41. The predicted octanol–water partition coefficient (Wildman–Crippen LogP) is 3.79. The highest BCUT2D eigenvalue weighted by molar-refractivity contribution is 8.19. The number of carbonyl (C=O) groups excluding carboxylic acids is 1. The first kappa shape index (κ1) is 20.5. The van der Waals surface area contributed by atoms with E-state index in [1.54, 1.807) is 18.2 Å². The molecule has 2 aromatic carbocycles. The molecule has 1 heterocycles. The first-order valence-corrected chi connectivity index (χ1v) is 11.0. The second kappa shape index (κ2) is 8.04. The number of hydrogen-bond donors (Lipinski definition) is 1. The van der Waals surface area contributed by atoms with Crippen LogP contribution in [0.3, 0.4) is 0 Å². The maximum atomic E-state index is 12.6. The van der Waals surface area contributed by atoms with Crippen LogP contribution < -0.4 is 9.73 Å². The molecule has 28 heavy (non-hydrogen) atoms. The number of rotatable bonds is 5. The van der Waals surface area contributed by atoms with Gasteiger partial charge in [0.15, 0.2) is 0 Å². The van der Waals surface area contributed by atoms with Gasteiger partial charge in [0.2, 0.25) is 0 Å². The van der Waals surface area contributed by atoms with Crippen LogP contribution in [0, 0.1) is 6.92 Å². The van der Waals surface area contributed by atoms with Gasteiger partial charge in [-0.1, -0.05) is 42.0 Å². The topological polar surface area (TPSA) is 69.7 Å². The highest BCUT2D eigenvalue weighted by Crippen LogP contribution is 2.33.